The summed E-state index contributed by atoms with van der Waals surface area (Å²) >= 11 is 0. The number of carbonyl (C=O) groups excluding carboxylic acids is 2. The number of hydrogen-bond acceptors (Lipinski definition) is 8. The number of carboxylic acids is 1. The summed E-state index contributed by atoms with van der Waals surface area (Å²) < 4.78 is 12.5. The van der Waals surface area contributed by atoms with E-state index in [2.05, 4.69) is 10.3 Å². The summed E-state index contributed by atoms with van der Waals surface area (Å²) in [5.41, 5.74) is 9.23. The van der Waals surface area contributed by atoms with Crippen LogP contribution in [-0.2, 0) is 11.2 Å². The van der Waals surface area contributed by atoms with Crippen LogP contribution in [0.5, 0.6) is 11.5 Å². The zero-order valence-corrected chi connectivity index (χ0v) is 22.3. The van der Waals surface area contributed by atoms with Crippen LogP contribution in [0.2, 0.25) is 0 Å². The largest absolute Gasteiger partial charge is 1.00 e. The minimum atomic E-state index is -1.11. The van der Waals surface area contributed by atoms with Crippen molar-refractivity contribution in [3.8, 4) is 22.8 Å². The molecule has 0 saturated carbocycles. The van der Waals surface area contributed by atoms with Gasteiger partial charge < -0.3 is 30.4 Å². The van der Waals surface area contributed by atoms with Crippen molar-refractivity contribution in [1.82, 2.24) is 14.4 Å². The van der Waals surface area contributed by atoms with Gasteiger partial charge in [-0.1, -0.05) is 6.07 Å². The molecule has 180 valence electrons. The van der Waals surface area contributed by atoms with Gasteiger partial charge in [-0.2, -0.15) is 0 Å². The molecule has 2 heterocycles. The minimum Gasteiger partial charge on any atom is -0.550 e. The standard InChI is InChI=1S/C25H25N5O5.Na/c1-34-20-9-7-16(13-21(20)35-2)19-14-22-27-10-11-30(22)25(29-19)28-18-8-6-15(4-3-5-23(31)32)12-17(18)24(26)33;/h6-14H,3-5H2,1-2H3,(H2,26,33)(H,28,29)(H,31,32);/q;+1/p-1. The number of imidazole rings is 1. The molecular weight excluding hydrogens is 473 g/mol. The van der Waals surface area contributed by atoms with Crippen molar-refractivity contribution in [2.75, 3.05) is 19.5 Å². The third-order valence-corrected chi connectivity index (χ3v) is 5.51. The molecule has 0 fully saturated rings. The second-order valence-corrected chi connectivity index (χ2v) is 7.78. The van der Waals surface area contributed by atoms with E-state index in [1.807, 2.05) is 24.3 Å². The number of amides is 1. The summed E-state index contributed by atoms with van der Waals surface area (Å²) in [6, 6.07) is 12.5. The Morgan fingerprint density at radius 1 is 1.08 bits per heavy atom. The van der Waals surface area contributed by atoms with Crippen molar-refractivity contribution in [1.29, 1.82) is 0 Å². The Labute approximate surface area is 229 Å². The van der Waals surface area contributed by atoms with Crippen LogP contribution in [0.15, 0.2) is 54.9 Å². The van der Waals surface area contributed by atoms with Crippen molar-refractivity contribution in [2.24, 2.45) is 5.73 Å². The number of fused-ring (bicyclic) bond motifs is 1. The number of aliphatic carboxylic acids is 1. The molecule has 0 saturated heterocycles. The molecule has 0 bridgehead atoms. The van der Waals surface area contributed by atoms with Gasteiger partial charge in [-0.05, 0) is 55.2 Å². The van der Waals surface area contributed by atoms with E-state index in [0.29, 0.717) is 47.3 Å². The first-order valence-electron chi connectivity index (χ1n) is 10.9. The van der Waals surface area contributed by atoms with Gasteiger partial charge in [-0.3, -0.25) is 9.20 Å². The number of anilines is 2. The Bertz CT molecular complexity index is 1410. The summed E-state index contributed by atoms with van der Waals surface area (Å²) in [5.74, 6) is -0.135. The molecule has 0 spiro atoms. The summed E-state index contributed by atoms with van der Waals surface area (Å²) in [6.07, 6.45) is 4.22. The van der Waals surface area contributed by atoms with Crippen molar-refractivity contribution < 1.29 is 53.7 Å². The van der Waals surface area contributed by atoms with E-state index < -0.39 is 11.9 Å². The van der Waals surface area contributed by atoms with Gasteiger partial charge in [0.2, 0.25) is 5.95 Å². The zero-order chi connectivity index (χ0) is 24.9. The van der Waals surface area contributed by atoms with Gasteiger partial charge >= 0.3 is 29.6 Å². The average Bonchev–Trinajstić information content (AvgIpc) is 3.33. The third kappa shape index (κ3) is 5.96. The van der Waals surface area contributed by atoms with Gasteiger partial charge in [0.15, 0.2) is 11.5 Å². The van der Waals surface area contributed by atoms with E-state index in [-0.39, 0.29) is 41.5 Å². The summed E-state index contributed by atoms with van der Waals surface area (Å²) in [5, 5.41) is 13.9. The number of primary amides is 1. The zero-order valence-electron chi connectivity index (χ0n) is 20.3. The molecule has 0 aliphatic carbocycles. The molecule has 0 atom stereocenters. The second-order valence-electron chi connectivity index (χ2n) is 7.78. The van der Waals surface area contributed by atoms with E-state index >= 15 is 0 Å². The minimum absolute atomic E-state index is 0. The molecule has 0 aliphatic rings. The fourth-order valence-electron chi connectivity index (χ4n) is 3.77. The molecule has 2 aromatic carbocycles. The third-order valence-electron chi connectivity index (χ3n) is 5.51. The maximum atomic E-state index is 12.2. The number of methoxy groups -OCH3 is 2. The van der Waals surface area contributed by atoms with Gasteiger partial charge in [-0.25, -0.2) is 9.97 Å². The predicted octanol–water partition coefficient (Wildman–Crippen LogP) is -0.667. The molecule has 0 unspecified atom stereocenters. The Morgan fingerprint density at radius 3 is 2.56 bits per heavy atom. The number of nitrogens with one attached hydrogen (secondary N) is 1. The molecule has 3 N–H and O–H groups in total. The number of nitrogens with two attached hydrogens (primary N) is 1. The molecule has 0 radical (unpaired) electrons. The van der Waals surface area contributed by atoms with Crippen LogP contribution in [0.25, 0.3) is 16.9 Å². The molecule has 1 amide bonds. The van der Waals surface area contributed by atoms with Crippen LogP contribution in [0.3, 0.4) is 0 Å². The molecule has 4 aromatic rings. The number of nitrogens with zero attached hydrogens (tertiary/aromatic N) is 3. The summed E-state index contributed by atoms with van der Waals surface area (Å²) in [4.78, 5) is 32.0. The topological polar surface area (TPSA) is 144 Å². The fourth-order valence-corrected chi connectivity index (χ4v) is 3.77. The van der Waals surface area contributed by atoms with Crippen molar-refractivity contribution in [3.05, 3.63) is 66.0 Å². The summed E-state index contributed by atoms with van der Waals surface area (Å²) in [6.45, 7) is 0. The van der Waals surface area contributed by atoms with Crippen LogP contribution in [-0.4, -0.2) is 40.5 Å². The first-order chi connectivity index (χ1) is 16.9. The fraction of sp³-hybridized carbons (Fsp3) is 0.200. The second kappa shape index (κ2) is 11.9. The molecule has 4 rings (SSSR count). The van der Waals surface area contributed by atoms with Crippen LogP contribution >= 0.6 is 0 Å². The van der Waals surface area contributed by atoms with Crippen molar-refractivity contribution in [2.45, 2.75) is 19.3 Å². The maximum absolute atomic E-state index is 12.2. The van der Waals surface area contributed by atoms with Gasteiger partial charge in [0, 0.05) is 30.0 Å². The Kier molecular flexibility index (Phi) is 8.92. The number of carboxylic acid groups (broad SMARTS) is 1. The van der Waals surface area contributed by atoms with Gasteiger partial charge in [-0.15, -0.1) is 0 Å². The van der Waals surface area contributed by atoms with Crippen molar-refractivity contribution in [3.63, 3.8) is 0 Å². The molecule has 10 nitrogen and oxygen atoms in total. The van der Waals surface area contributed by atoms with E-state index in [9.17, 15) is 14.7 Å². The number of rotatable bonds is 10. The molecule has 0 aliphatic heterocycles. The molecule has 2 aromatic heterocycles. The van der Waals surface area contributed by atoms with E-state index in [1.54, 1.807) is 49.2 Å². The summed E-state index contributed by atoms with van der Waals surface area (Å²) in [7, 11) is 3.13. The maximum Gasteiger partial charge on any atom is 1.00 e. The SMILES string of the molecule is COc1ccc(-c2cc3nccn3c(Nc3ccc(CCCC(=O)[O-])cc3C(N)=O)n2)cc1OC.[Na+]. The number of aromatic nitrogens is 3. The Balaban J connectivity index is 0.00000361. The van der Waals surface area contributed by atoms with Crippen LogP contribution in [0.1, 0.15) is 28.8 Å². The Morgan fingerprint density at radius 2 is 1.86 bits per heavy atom. The predicted molar refractivity (Wildman–Crippen MR) is 128 cm³/mol. The van der Waals surface area contributed by atoms with Gasteiger partial charge in [0.05, 0.1) is 31.2 Å². The average molecular weight is 497 g/mol. The monoisotopic (exact) mass is 497 g/mol. The first kappa shape index (κ1) is 27.0. The number of benzene rings is 2. The first-order valence-corrected chi connectivity index (χ1v) is 10.9. The van der Waals surface area contributed by atoms with E-state index in [1.165, 1.54) is 0 Å². The smallest absolute Gasteiger partial charge is 0.550 e. The Hall–Kier alpha value is -3.60. The molecule has 11 heteroatoms. The van der Waals surface area contributed by atoms with Crippen LogP contribution in [0.4, 0.5) is 11.6 Å². The normalized spacial score (nSPS) is 10.5. The van der Waals surface area contributed by atoms with Crippen LogP contribution < -0.4 is 55.2 Å². The number of ether oxygens (including phenoxy) is 2. The number of hydrogen-bond donors (Lipinski definition) is 2. The van der Waals surface area contributed by atoms with Crippen LogP contribution in [0, 0.1) is 0 Å². The molecular formula is C25H24N5NaO5. The quantitative estimate of drug-likeness (QED) is 0.275. The van der Waals surface area contributed by atoms with Gasteiger partial charge in [0.1, 0.15) is 5.65 Å². The van der Waals surface area contributed by atoms with Gasteiger partial charge in [0.25, 0.3) is 5.91 Å². The van der Waals surface area contributed by atoms with E-state index in [4.69, 9.17) is 20.2 Å². The van der Waals surface area contributed by atoms with Crippen molar-refractivity contribution >= 4 is 29.2 Å². The number of carbonyl (C=O) groups is 2. The number of aryl methyl sites for hydroxylation is 1. The molecule has 36 heavy (non-hydrogen) atoms. The van der Waals surface area contributed by atoms with E-state index in [0.717, 1.165) is 11.1 Å².